The molecule has 0 N–H and O–H groups in total. The Kier molecular flexibility index (Phi) is 9.18. The van der Waals surface area contributed by atoms with Crippen LogP contribution >= 0.6 is 0 Å². The number of carbonyl (C=O) groups excluding carboxylic acids is 1. The molecule has 3 aromatic rings. The summed E-state index contributed by atoms with van der Waals surface area (Å²) in [4.78, 5) is 15.4. The summed E-state index contributed by atoms with van der Waals surface area (Å²) in [5.41, 5.74) is -0.143. The summed E-state index contributed by atoms with van der Waals surface area (Å²) in [7, 11) is 0. The lowest BCUT2D eigenvalue weighted by atomic mass is 9.94. The molecule has 0 aliphatic carbocycles. The normalized spacial score (nSPS) is 15.9. The van der Waals surface area contributed by atoms with Crippen molar-refractivity contribution >= 4 is 34.1 Å². The smallest absolute Gasteiger partial charge is 0.416 e. The van der Waals surface area contributed by atoms with Crippen LogP contribution in [-0.4, -0.2) is 47.0 Å². The number of benzene rings is 3. The molecular formula is C31H26F8N2O5S. The molecule has 2 aliphatic rings. The first kappa shape index (κ1) is 34.0. The fourth-order valence-corrected chi connectivity index (χ4v) is 5.72. The first-order chi connectivity index (χ1) is 22.0. The molecule has 0 saturated heterocycles. The van der Waals surface area contributed by atoms with Gasteiger partial charge in [-0.15, -0.1) is 0 Å². The van der Waals surface area contributed by atoms with Crippen LogP contribution in [-0.2, 0) is 22.0 Å². The van der Waals surface area contributed by atoms with E-state index < -0.39 is 69.4 Å². The first-order valence-electron chi connectivity index (χ1n) is 14.0. The lowest BCUT2D eigenvalue weighted by molar-refractivity contribution is -0.137. The Balaban J connectivity index is 1.47. The number of rotatable bonds is 5. The maximum atomic E-state index is 14.1. The van der Waals surface area contributed by atoms with E-state index in [1.165, 1.54) is 23.1 Å². The van der Waals surface area contributed by atoms with E-state index in [0.717, 1.165) is 18.2 Å². The van der Waals surface area contributed by atoms with Gasteiger partial charge in [-0.2, -0.15) is 22.0 Å². The van der Waals surface area contributed by atoms with E-state index in [1.54, 1.807) is 31.7 Å². The van der Waals surface area contributed by atoms with Gasteiger partial charge in [-0.3, -0.25) is 0 Å². The van der Waals surface area contributed by atoms with Gasteiger partial charge in [-0.1, -0.05) is 6.08 Å². The van der Waals surface area contributed by atoms with E-state index in [1.807, 2.05) is 0 Å². The van der Waals surface area contributed by atoms with Crippen molar-refractivity contribution in [1.29, 1.82) is 0 Å². The van der Waals surface area contributed by atoms with Gasteiger partial charge in [-0.05, 0) is 63.1 Å². The Morgan fingerprint density at radius 3 is 2.11 bits per heavy atom. The van der Waals surface area contributed by atoms with Gasteiger partial charge in [0, 0.05) is 30.4 Å². The fraction of sp³-hybridized carbons (Fsp3) is 0.323. The number of carbonyl (C=O) groups is 1. The minimum absolute atomic E-state index is 0.00746. The van der Waals surface area contributed by atoms with Gasteiger partial charge in [-0.25, -0.2) is 22.2 Å². The molecule has 1 unspecified atom stereocenters. The van der Waals surface area contributed by atoms with Crippen molar-refractivity contribution in [1.82, 2.24) is 4.90 Å². The lowest BCUT2D eigenvalue weighted by Gasteiger charge is -2.35. The molecule has 0 aromatic heterocycles. The van der Waals surface area contributed by atoms with Crippen LogP contribution in [0.5, 0.6) is 11.5 Å². The molecular weight excluding hydrogens is 664 g/mol. The number of ether oxygens (including phenoxy) is 2. The highest BCUT2D eigenvalue weighted by molar-refractivity contribution is 7.80. The molecule has 1 amide bonds. The Morgan fingerprint density at radius 1 is 0.872 bits per heavy atom. The predicted molar refractivity (Wildman–Crippen MR) is 154 cm³/mol. The zero-order valence-corrected chi connectivity index (χ0v) is 25.8. The van der Waals surface area contributed by atoms with Crippen molar-refractivity contribution in [2.45, 2.75) is 43.9 Å². The molecule has 5 rings (SSSR count). The van der Waals surface area contributed by atoms with E-state index in [2.05, 4.69) is 4.18 Å². The van der Waals surface area contributed by atoms with E-state index in [-0.39, 0.29) is 48.9 Å². The number of alkyl halides is 3. The maximum absolute atomic E-state index is 14.1. The van der Waals surface area contributed by atoms with Crippen molar-refractivity contribution in [3.05, 3.63) is 82.7 Å². The fourth-order valence-electron chi connectivity index (χ4n) is 4.95. The third-order valence-electron chi connectivity index (χ3n) is 7.14. The van der Waals surface area contributed by atoms with Gasteiger partial charge in [0.05, 0.1) is 22.7 Å². The summed E-state index contributed by atoms with van der Waals surface area (Å²) in [6.45, 7) is 5.61. The molecule has 0 saturated carbocycles. The van der Waals surface area contributed by atoms with Gasteiger partial charge >= 0.3 is 12.3 Å². The summed E-state index contributed by atoms with van der Waals surface area (Å²) >= 11 is -2.78. The van der Waals surface area contributed by atoms with Gasteiger partial charge in [0.1, 0.15) is 18.0 Å². The van der Waals surface area contributed by atoms with Crippen LogP contribution in [0.2, 0.25) is 0 Å². The Bertz CT molecular complexity index is 1760. The second-order valence-corrected chi connectivity index (χ2v) is 12.6. The summed E-state index contributed by atoms with van der Waals surface area (Å²) < 4.78 is 139. The highest BCUT2D eigenvalue weighted by Crippen LogP contribution is 2.44. The van der Waals surface area contributed by atoms with E-state index in [0.29, 0.717) is 16.9 Å². The summed E-state index contributed by atoms with van der Waals surface area (Å²) in [6.07, 6.45) is -3.34. The van der Waals surface area contributed by atoms with Crippen LogP contribution in [0, 0.1) is 29.1 Å². The summed E-state index contributed by atoms with van der Waals surface area (Å²) in [6, 6.07) is 6.95. The monoisotopic (exact) mass is 690 g/mol. The minimum atomic E-state index is -4.65. The molecule has 2 heterocycles. The molecule has 1 atom stereocenters. The van der Waals surface area contributed by atoms with Crippen LogP contribution in [0.15, 0.2) is 47.4 Å². The van der Waals surface area contributed by atoms with Crippen LogP contribution < -0.4 is 13.8 Å². The summed E-state index contributed by atoms with van der Waals surface area (Å²) in [5, 5.41) is 0. The average molecular weight is 691 g/mol. The van der Waals surface area contributed by atoms with Gasteiger partial charge in [0.25, 0.3) is 0 Å². The molecule has 252 valence electrons. The van der Waals surface area contributed by atoms with Crippen molar-refractivity contribution in [3.8, 4) is 11.5 Å². The van der Waals surface area contributed by atoms with E-state index in [9.17, 15) is 44.1 Å². The number of halogens is 8. The number of nitrogens with zero attached hydrogens (tertiary/aromatic N) is 2. The molecule has 0 radical (unpaired) electrons. The highest BCUT2D eigenvalue weighted by atomic mass is 32.2. The third kappa shape index (κ3) is 7.01. The molecule has 0 bridgehead atoms. The van der Waals surface area contributed by atoms with Crippen LogP contribution in [0.1, 0.15) is 38.3 Å². The molecule has 47 heavy (non-hydrogen) atoms. The lowest BCUT2D eigenvalue weighted by Crippen LogP contribution is -2.39. The standard InChI is InChI=1S/C31H26F8N2O5S/c1-30(2,3)45-29(42)40-10-8-16(9-11-40)19-14-17(31(37,38)39)4-6-20(19)41-12-13-44-22-15-18(5-7-21(22)41)47(43)46-28-26(35)24(33)23(32)25(34)27(28)36/h4-8,14-15H,9-13H2,1-3H3. The van der Waals surface area contributed by atoms with Crippen molar-refractivity contribution in [3.63, 3.8) is 0 Å². The first-order valence-corrected chi connectivity index (χ1v) is 15.1. The minimum Gasteiger partial charge on any atom is -0.489 e. The average Bonchev–Trinajstić information content (AvgIpc) is 3.02. The number of amides is 1. The Morgan fingerprint density at radius 2 is 1.51 bits per heavy atom. The van der Waals surface area contributed by atoms with Crippen LogP contribution in [0.25, 0.3) is 5.57 Å². The molecule has 2 aliphatic heterocycles. The van der Waals surface area contributed by atoms with Gasteiger partial charge in [0.15, 0.2) is 0 Å². The molecule has 3 aromatic carbocycles. The second-order valence-electron chi connectivity index (χ2n) is 11.5. The predicted octanol–water partition coefficient (Wildman–Crippen LogP) is 8.06. The highest BCUT2D eigenvalue weighted by Gasteiger charge is 2.34. The van der Waals surface area contributed by atoms with Crippen molar-refractivity contribution in [2.24, 2.45) is 0 Å². The molecule has 7 nitrogen and oxygen atoms in total. The molecule has 16 heteroatoms. The van der Waals surface area contributed by atoms with Gasteiger partial charge < -0.3 is 23.5 Å². The zero-order chi connectivity index (χ0) is 34.4. The van der Waals surface area contributed by atoms with Crippen LogP contribution in [0.4, 0.5) is 51.3 Å². The zero-order valence-electron chi connectivity index (χ0n) is 24.9. The van der Waals surface area contributed by atoms with E-state index in [4.69, 9.17) is 9.47 Å². The number of anilines is 2. The molecule has 0 spiro atoms. The van der Waals surface area contributed by atoms with Crippen LogP contribution in [0.3, 0.4) is 0 Å². The van der Waals surface area contributed by atoms with Crippen molar-refractivity contribution in [2.75, 3.05) is 31.1 Å². The van der Waals surface area contributed by atoms with E-state index >= 15 is 0 Å². The van der Waals surface area contributed by atoms with Gasteiger partial charge in [0.2, 0.25) is 45.9 Å². The number of hydrogen-bond donors (Lipinski definition) is 0. The third-order valence-corrected chi connectivity index (χ3v) is 8.09. The summed E-state index contributed by atoms with van der Waals surface area (Å²) in [5.74, 6) is -13.3. The van der Waals surface area contributed by atoms with Crippen molar-refractivity contribution < 1.29 is 57.8 Å². The maximum Gasteiger partial charge on any atom is 0.416 e. The Hall–Kier alpha value is -4.34. The SMILES string of the molecule is CC(C)(C)OC(=O)N1CC=C(c2cc(C(F)(F)F)ccc2N2CCOc3cc(S(=O)Oc4c(F)c(F)c(F)c(F)c4F)ccc32)CC1. The number of fused-ring (bicyclic) bond motifs is 1. The molecule has 0 fully saturated rings. The largest absolute Gasteiger partial charge is 0.489 e. The quantitative estimate of drug-likeness (QED) is 0.153. The second kappa shape index (κ2) is 12.7. The topological polar surface area (TPSA) is 68.3 Å². The Labute approximate surface area is 266 Å². The number of hydrogen-bond acceptors (Lipinski definition) is 6.